The Morgan fingerprint density at radius 1 is 1.00 bits per heavy atom. The molecule has 0 unspecified atom stereocenters. The van der Waals surface area contributed by atoms with Gasteiger partial charge in [0.1, 0.15) is 22.8 Å². The summed E-state index contributed by atoms with van der Waals surface area (Å²) >= 11 is 7.55. The SMILES string of the molecule is Cc1ccc(-c2c(C)sc3ncnc(Nc4ccc(F)c(Cl)c4)c23)cc1C. The average molecular weight is 398 g/mol. The summed E-state index contributed by atoms with van der Waals surface area (Å²) in [6.07, 6.45) is 1.54. The molecule has 0 fully saturated rings. The van der Waals surface area contributed by atoms with Gasteiger partial charge in [0.25, 0.3) is 0 Å². The van der Waals surface area contributed by atoms with Crippen LogP contribution in [0.25, 0.3) is 21.3 Å². The molecule has 4 aromatic rings. The minimum Gasteiger partial charge on any atom is -0.340 e. The van der Waals surface area contributed by atoms with E-state index in [-0.39, 0.29) is 5.02 Å². The van der Waals surface area contributed by atoms with Gasteiger partial charge in [0, 0.05) is 16.1 Å². The maximum Gasteiger partial charge on any atom is 0.143 e. The van der Waals surface area contributed by atoms with Gasteiger partial charge in [-0.1, -0.05) is 29.8 Å². The highest BCUT2D eigenvalue weighted by atomic mass is 35.5. The van der Waals surface area contributed by atoms with E-state index in [0.29, 0.717) is 11.5 Å². The van der Waals surface area contributed by atoms with Gasteiger partial charge >= 0.3 is 0 Å². The predicted molar refractivity (Wildman–Crippen MR) is 112 cm³/mol. The van der Waals surface area contributed by atoms with Crippen LogP contribution < -0.4 is 5.32 Å². The highest BCUT2D eigenvalue weighted by Gasteiger charge is 2.17. The summed E-state index contributed by atoms with van der Waals surface area (Å²) in [7, 11) is 0. The number of aromatic nitrogens is 2. The Morgan fingerprint density at radius 2 is 1.81 bits per heavy atom. The minimum atomic E-state index is -0.447. The third-order valence-corrected chi connectivity index (χ3v) is 5.95. The maximum atomic E-state index is 13.5. The first-order valence-corrected chi connectivity index (χ1v) is 9.67. The molecular weight excluding hydrogens is 381 g/mol. The Balaban J connectivity index is 1.89. The number of nitrogens with one attached hydrogen (secondary N) is 1. The van der Waals surface area contributed by atoms with Crippen molar-refractivity contribution in [1.82, 2.24) is 9.97 Å². The average Bonchev–Trinajstić information content (AvgIpc) is 2.97. The first kappa shape index (κ1) is 17.9. The molecule has 0 saturated carbocycles. The van der Waals surface area contributed by atoms with Gasteiger partial charge < -0.3 is 5.32 Å². The van der Waals surface area contributed by atoms with Crippen LogP contribution in [0.2, 0.25) is 5.02 Å². The molecule has 0 saturated heterocycles. The van der Waals surface area contributed by atoms with E-state index in [9.17, 15) is 4.39 Å². The number of hydrogen-bond donors (Lipinski definition) is 1. The first-order chi connectivity index (χ1) is 12.9. The second kappa shape index (κ2) is 6.91. The number of thiophene rings is 1. The van der Waals surface area contributed by atoms with Crippen LogP contribution in [-0.4, -0.2) is 9.97 Å². The lowest BCUT2D eigenvalue weighted by molar-refractivity contribution is 0.628. The van der Waals surface area contributed by atoms with Crippen LogP contribution in [-0.2, 0) is 0 Å². The van der Waals surface area contributed by atoms with Crippen LogP contribution in [0.1, 0.15) is 16.0 Å². The molecule has 4 rings (SSSR count). The number of hydrogen-bond acceptors (Lipinski definition) is 4. The Hall–Kier alpha value is -2.50. The molecule has 136 valence electrons. The topological polar surface area (TPSA) is 37.8 Å². The van der Waals surface area contributed by atoms with Crippen molar-refractivity contribution >= 4 is 44.7 Å². The van der Waals surface area contributed by atoms with Crippen LogP contribution >= 0.6 is 22.9 Å². The Kier molecular flexibility index (Phi) is 4.58. The number of anilines is 2. The van der Waals surface area contributed by atoms with E-state index >= 15 is 0 Å². The molecular formula is C21H17ClFN3S. The summed E-state index contributed by atoms with van der Waals surface area (Å²) in [6.45, 7) is 6.31. The van der Waals surface area contributed by atoms with Gasteiger partial charge in [0.05, 0.1) is 10.4 Å². The Morgan fingerprint density at radius 3 is 2.56 bits per heavy atom. The molecule has 0 atom stereocenters. The minimum absolute atomic E-state index is 0.0705. The predicted octanol–water partition coefficient (Wildman–Crippen LogP) is 6.82. The van der Waals surface area contributed by atoms with Gasteiger partial charge in [0.2, 0.25) is 0 Å². The second-order valence-corrected chi connectivity index (χ2v) is 8.10. The van der Waals surface area contributed by atoms with Crippen LogP contribution in [0.4, 0.5) is 15.9 Å². The van der Waals surface area contributed by atoms with Gasteiger partial charge in [0.15, 0.2) is 0 Å². The molecule has 2 aromatic heterocycles. The normalized spacial score (nSPS) is 11.1. The number of benzene rings is 2. The highest BCUT2D eigenvalue weighted by Crippen LogP contribution is 2.41. The van der Waals surface area contributed by atoms with Crippen molar-refractivity contribution in [1.29, 1.82) is 0 Å². The summed E-state index contributed by atoms with van der Waals surface area (Å²) in [6, 6.07) is 11.0. The summed E-state index contributed by atoms with van der Waals surface area (Å²) in [5.74, 6) is 0.234. The van der Waals surface area contributed by atoms with Crippen LogP contribution in [0.5, 0.6) is 0 Å². The van der Waals surface area contributed by atoms with E-state index in [2.05, 4.69) is 54.3 Å². The van der Waals surface area contributed by atoms with Crippen molar-refractivity contribution in [2.24, 2.45) is 0 Å². The van der Waals surface area contributed by atoms with E-state index < -0.39 is 5.82 Å². The molecule has 3 nitrogen and oxygen atoms in total. The van der Waals surface area contributed by atoms with Crippen LogP contribution in [0.3, 0.4) is 0 Å². The zero-order valence-electron chi connectivity index (χ0n) is 15.1. The smallest absolute Gasteiger partial charge is 0.143 e. The lowest BCUT2D eigenvalue weighted by atomic mass is 9.99. The summed E-state index contributed by atoms with van der Waals surface area (Å²) < 4.78 is 13.5. The lowest BCUT2D eigenvalue weighted by Crippen LogP contribution is -1.96. The molecule has 27 heavy (non-hydrogen) atoms. The number of rotatable bonds is 3. The van der Waals surface area contributed by atoms with Crippen molar-refractivity contribution in [2.75, 3.05) is 5.32 Å². The molecule has 0 amide bonds. The van der Waals surface area contributed by atoms with E-state index in [4.69, 9.17) is 11.6 Å². The zero-order chi connectivity index (χ0) is 19.1. The first-order valence-electron chi connectivity index (χ1n) is 8.48. The van der Waals surface area contributed by atoms with Crippen molar-refractivity contribution in [3.63, 3.8) is 0 Å². The number of halogens is 2. The van der Waals surface area contributed by atoms with Crippen LogP contribution in [0, 0.1) is 26.6 Å². The summed E-state index contributed by atoms with van der Waals surface area (Å²) in [5, 5.41) is 4.30. The molecule has 2 aromatic carbocycles. The molecule has 0 aliphatic rings. The number of aryl methyl sites for hydroxylation is 3. The lowest BCUT2D eigenvalue weighted by Gasteiger charge is -2.10. The van der Waals surface area contributed by atoms with Crippen molar-refractivity contribution in [3.8, 4) is 11.1 Å². The van der Waals surface area contributed by atoms with Crippen LogP contribution in [0.15, 0.2) is 42.7 Å². The van der Waals surface area contributed by atoms with Gasteiger partial charge in [-0.3, -0.25) is 0 Å². The summed E-state index contributed by atoms with van der Waals surface area (Å²) in [4.78, 5) is 11.0. The fraction of sp³-hybridized carbons (Fsp3) is 0.143. The molecule has 0 bridgehead atoms. The third-order valence-electron chi connectivity index (χ3n) is 4.64. The fourth-order valence-corrected chi connectivity index (χ4v) is 4.29. The van der Waals surface area contributed by atoms with Gasteiger partial charge in [-0.05, 0) is 55.7 Å². The standard InChI is InChI=1S/C21H17ClFN3S/c1-11-4-5-14(8-12(11)2)18-13(3)27-21-19(18)20(24-10-25-21)26-15-6-7-17(23)16(22)9-15/h4-10H,1-3H3,(H,24,25,26). The fourth-order valence-electron chi connectivity index (χ4n) is 3.09. The molecule has 6 heteroatoms. The van der Waals surface area contributed by atoms with E-state index in [1.54, 1.807) is 23.5 Å². The molecule has 1 N–H and O–H groups in total. The molecule has 0 spiro atoms. The quantitative estimate of drug-likeness (QED) is 0.412. The van der Waals surface area contributed by atoms with Gasteiger partial charge in [-0.15, -0.1) is 11.3 Å². The molecule has 0 aliphatic carbocycles. The monoisotopic (exact) mass is 397 g/mol. The Bertz CT molecular complexity index is 1170. The third kappa shape index (κ3) is 3.29. The second-order valence-electron chi connectivity index (χ2n) is 6.49. The highest BCUT2D eigenvalue weighted by molar-refractivity contribution is 7.19. The summed E-state index contributed by atoms with van der Waals surface area (Å²) in [5.41, 5.74) is 5.43. The van der Waals surface area contributed by atoms with Crippen molar-refractivity contribution in [2.45, 2.75) is 20.8 Å². The molecule has 0 radical (unpaired) electrons. The van der Waals surface area contributed by atoms with E-state index in [1.165, 1.54) is 28.4 Å². The molecule has 0 aliphatic heterocycles. The zero-order valence-corrected chi connectivity index (χ0v) is 16.7. The molecule has 2 heterocycles. The van der Waals surface area contributed by atoms with Gasteiger partial charge in [-0.2, -0.15) is 0 Å². The number of fused-ring (bicyclic) bond motifs is 1. The maximum absolute atomic E-state index is 13.5. The Labute approximate surface area is 165 Å². The van der Waals surface area contributed by atoms with E-state index in [1.807, 2.05) is 0 Å². The van der Waals surface area contributed by atoms with E-state index in [0.717, 1.165) is 21.3 Å². The van der Waals surface area contributed by atoms with Crippen molar-refractivity contribution in [3.05, 3.63) is 69.6 Å². The number of nitrogens with zero attached hydrogens (tertiary/aromatic N) is 2. The largest absolute Gasteiger partial charge is 0.340 e. The van der Waals surface area contributed by atoms with Crippen molar-refractivity contribution < 1.29 is 4.39 Å². The van der Waals surface area contributed by atoms with Gasteiger partial charge in [-0.25, -0.2) is 14.4 Å².